The van der Waals surface area contributed by atoms with Crippen molar-refractivity contribution in [2.45, 2.75) is 40.0 Å². The van der Waals surface area contributed by atoms with Gasteiger partial charge in [-0.25, -0.2) is 0 Å². The third-order valence-corrected chi connectivity index (χ3v) is 3.63. The van der Waals surface area contributed by atoms with E-state index in [0.29, 0.717) is 6.10 Å². The van der Waals surface area contributed by atoms with Crippen LogP contribution in [0.4, 0.5) is 0 Å². The number of ether oxygens (including phenoxy) is 1. The molecule has 1 fully saturated rings. The first kappa shape index (κ1) is 14.5. The lowest BCUT2D eigenvalue weighted by atomic mass is 10.2. The van der Waals surface area contributed by atoms with Crippen molar-refractivity contribution < 1.29 is 4.74 Å². The number of rotatable bonds is 6. The van der Waals surface area contributed by atoms with Crippen molar-refractivity contribution in [1.29, 1.82) is 0 Å². The van der Waals surface area contributed by atoms with Crippen LogP contribution in [0.5, 0.6) is 0 Å². The topological polar surface area (TPSA) is 42.3 Å². The van der Waals surface area contributed by atoms with Gasteiger partial charge in [-0.3, -0.25) is 9.58 Å². The van der Waals surface area contributed by atoms with Crippen molar-refractivity contribution in [3.8, 4) is 0 Å². The van der Waals surface area contributed by atoms with Crippen molar-refractivity contribution in [2.75, 3.05) is 32.8 Å². The van der Waals surface area contributed by atoms with E-state index in [1.807, 2.05) is 6.92 Å². The fourth-order valence-electron chi connectivity index (χ4n) is 2.57. The Balaban J connectivity index is 1.76. The summed E-state index contributed by atoms with van der Waals surface area (Å²) in [6.45, 7) is 13.1. The van der Waals surface area contributed by atoms with Gasteiger partial charge in [-0.2, -0.15) is 5.10 Å². The predicted octanol–water partition coefficient (Wildman–Crippen LogP) is 1.02. The van der Waals surface area contributed by atoms with E-state index in [9.17, 15) is 0 Å². The van der Waals surface area contributed by atoms with Crippen LogP contribution >= 0.6 is 0 Å². The average Bonchev–Trinajstić information content (AvgIpc) is 2.79. The van der Waals surface area contributed by atoms with Crippen LogP contribution in [0.1, 0.15) is 25.2 Å². The van der Waals surface area contributed by atoms with Crippen LogP contribution in [-0.4, -0.2) is 53.6 Å². The first-order valence-electron chi connectivity index (χ1n) is 7.31. The van der Waals surface area contributed by atoms with Gasteiger partial charge in [0.15, 0.2) is 0 Å². The Morgan fingerprint density at radius 1 is 1.42 bits per heavy atom. The summed E-state index contributed by atoms with van der Waals surface area (Å²) in [4.78, 5) is 2.44. The first-order valence-corrected chi connectivity index (χ1v) is 7.31. The van der Waals surface area contributed by atoms with Crippen molar-refractivity contribution >= 4 is 0 Å². The van der Waals surface area contributed by atoms with Gasteiger partial charge >= 0.3 is 0 Å². The van der Waals surface area contributed by atoms with E-state index in [-0.39, 0.29) is 0 Å². The second-order valence-electron chi connectivity index (χ2n) is 5.11. The summed E-state index contributed by atoms with van der Waals surface area (Å²) in [5.41, 5.74) is 2.34. The minimum absolute atomic E-state index is 0.313. The largest absolute Gasteiger partial charge is 0.374 e. The number of nitrogens with one attached hydrogen (secondary N) is 1. The maximum absolute atomic E-state index is 5.78. The molecular formula is C14H26N4O. The van der Waals surface area contributed by atoms with Crippen LogP contribution in [0.2, 0.25) is 0 Å². The van der Waals surface area contributed by atoms with Gasteiger partial charge in [0, 0.05) is 32.7 Å². The lowest BCUT2D eigenvalue weighted by molar-refractivity contribution is -0.0254. The lowest BCUT2D eigenvalue weighted by Crippen LogP contribution is -2.46. The molecule has 0 amide bonds. The number of aryl methyl sites for hydroxylation is 2. The van der Waals surface area contributed by atoms with Gasteiger partial charge in [0.05, 0.1) is 24.1 Å². The summed E-state index contributed by atoms with van der Waals surface area (Å²) in [5.74, 6) is 0. The van der Waals surface area contributed by atoms with E-state index >= 15 is 0 Å². The summed E-state index contributed by atoms with van der Waals surface area (Å²) in [7, 11) is 0. The van der Waals surface area contributed by atoms with Gasteiger partial charge < -0.3 is 10.1 Å². The quantitative estimate of drug-likeness (QED) is 0.835. The Labute approximate surface area is 115 Å². The molecule has 0 aromatic carbocycles. The van der Waals surface area contributed by atoms with E-state index in [4.69, 9.17) is 4.74 Å². The molecule has 2 rings (SSSR count). The number of nitrogens with zero attached hydrogens (tertiary/aromatic N) is 3. The molecule has 5 nitrogen and oxygen atoms in total. The number of hydrogen-bond donors (Lipinski definition) is 1. The van der Waals surface area contributed by atoms with E-state index in [0.717, 1.165) is 51.6 Å². The number of morpholine rings is 1. The minimum Gasteiger partial charge on any atom is -0.374 e. The lowest BCUT2D eigenvalue weighted by Gasteiger charge is -2.32. The SMILES string of the molecule is CCN1CCOC(CNCc2cc(C)nn2CC)C1. The van der Waals surface area contributed by atoms with Crippen LogP contribution < -0.4 is 5.32 Å². The molecule has 1 saturated heterocycles. The van der Waals surface area contributed by atoms with Crippen LogP contribution in [0, 0.1) is 6.92 Å². The molecule has 0 saturated carbocycles. The third-order valence-electron chi connectivity index (χ3n) is 3.63. The van der Waals surface area contributed by atoms with E-state index < -0.39 is 0 Å². The average molecular weight is 266 g/mol. The Hall–Kier alpha value is -0.910. The number of aromatic nitrogens is 2. The maximum Gasteiger partial charge on any atom is 0.0826 e. The fourth-order valence-corrected chi connectivity index (χ4v) is 2.57. The van der Waals surface area contributed by atoms with Crippen molar-refractivity contribution in [2.24, 2.45) is 0 Å². The normalized spacial score (nSPS) is 20.9. The zero-order chi connectivity index (χ0) is 13.7. The second-order valence-corrected chi connectivity index (χ2v) is 5.11. The molecule has 1 unspecified atom stereocenters. The van der Waals surface area contributed by atoms with Crippen molar-refractivity contribution in [3.05, 3.63) is 17.5 Å². The van der Waals surface area contributed by atoms with Crippen LogP contribution in [-0.2, 0) is 17.8 Å². The Bertz CT molecular complexity index is 391. The highest BCUT2D eigenvalue weighted by molar-refractivity contribution is 5.08. The smallest absolute Gasteiger partial charge is 0.0826 e. The number of hydrogen-bond acceptors (Lipinski definition) is 4. The molecular weight excluding hydrogens is 240 g/mol. The Kier molecular flexibility index (Phi) is 5.36. The van der Waals surface area contributed by atoms with E-state index in [2.05, 4.69) is 39.9 Å². The summed E-state index contributed by atoms with van der Waals surface area (Å²) in [5, 5.41) is 7.95. The van der Waals surface area contributed by atoms with Gasteiger partial charge in [0.1, 0.15) is 0 Å². The molecule has 0 radical (unpaired) electrons. The van der Waals surface area contributed by atoms with Crippen molar-refractivity contribution in [3.63, 3.8) is 0 Å². The highest BCUT2D eigenvalue weighted by Crippen LogP contribution is 2.06. The molecule has 1 aliphatic rings. The van der Waals surface area contributed by atoms with Crippen LogP contribution in [0.25, 0.3) is 0 Å². The minimum atomic E-state index is 0.313. The van der Waals surface area contributed by atoms with Crippen molar-refractivity contribution in [1.82, 2.24) is 20.0 Å². The zero-order valence-corrected chi connectivity index (χ0v) is 12.4. The summed E-state index contributed by atoms with van der Waals surface area (Å²) < 4.78 is 7.84. The maximum atomic E-state index is 5.78. The Morgan fingerprint density at radius 3 is 3.00 bits per heavy atom. The first-order chi connectivity index (χ1) is 9.22. The third kappa shape index (κ3) is 4.03. The molecule has 1 aromatic heterocycles. The molecule has 0 aliphatic carbocycles. The molecule has 1 N–H and O–H groups in total. The summed E-state index contributed by atoms with van der Waals surface area (Å²) in [6, 6.07) is 2.15. The molecule has 19 heavy (non-hydrogen) atoms. The molecule has 5 heteroatoms. The van der Waals surface area contributed by atoms with Gasteiger partial charge in [0.25, 0.3) is 0 Å². The fraction of sp³-hybridized carbons (Fsp3) is 0.786. The molecule has 0 bridgehead atoms. The highest BCUT2D eigenvalue weighted by Gasteiger charge is 2.18. The number of likely N-dealkylation sites (N-methyl/N-ethyl adjacent to an activating group) is 1. The van der Waals surface area contributed by atoms with Gasteiger partial charge in [-0.05, 0) is 26.5 Å². The Morgan fingerprint density at radius 2 is 2.26 bits per heavy atom. The van der Waals surface area contributed by atoms with Crippen LogP contribution in [0.15, 0.2) is 6.07 Å². The molecule has 1 aliphatic heterocycles. The summed E-state index contributed by atoms with van der Waals surface area (Å²) in [6.07, 6.45) is 0.313. The van der Waals surface area contributed by atoms with Crippen LogP contribution in [0.3, 0.4) is 0 Å². The monoisotopic (exact) mass is 266 g/mol. The van der Waals surface area contributed by atoms with Gasteiger partial charge in [-0.1, -0.05) is 6.92 Å². The molecule has 1 aromatic rings. The van der Waals surface area contributed by atoms with Gasteiger partial charge in [-0.15, -0.1) is 0 Å². The highest BCUT2D eigenvalue weighted by atomic mass is 16.5. The molecule has 0 spiro atoms. The molecule has 1 atom stereocenters. The van der Waals surface area contributed by atoms with E-state index in [1.54, 1.807) is 0 Å². The van der Waals surface area contributed by atoms with E-state index in [1.165, 1.54) is 5.69 Å². The summed E-state index contributed by atoms with van der Waals surface area (Å²) >= 11 is 0. The second kappa shape index (κ2) is 7.03. The zero-order valence-electron chi connectivity index (χ0n) is 12.4. The molecule has 2 heterocycles. The molecule has 108 valence electrons. The van der Waals surface area contributed by atoms with Gasteiger partial charge in [0.2, 0.25) is 0 Å². The predicted molar refractivity (Wildman–Crippen MR) is 76.2 cm³/mol. The standard InChI is InChI=1S/C14H26N4O/c1-4-17-6-7-19-14(11-17)10-15-9-13-8-12(3)16-18(13)5-2/h8,14-15H,4-7,9-11H2,1-3H3.